The van der Waals surface area contributed by atoms with Crippen molar-refractivity contribution in [2.45, 2.75) is 19.2 Å². The number of aliphatic hydroxyl groups is 1. The van der Waals surface area contributed by atoms with Crippen LogP contribution in [0, 0.1) is 5.82 Å². The van der Waals surface area contributed by atoms with Crippen LogP contribution in [0.4, 0.5) is 4.39 Å². The van der Waals surface area contributed by atoms with E-state index >= 15 is 0 Å². The number of aliphatic hydroxyl groups excluding tert-OH is 1. The van der Waals surface area contributed by atoms with E-state index in [9.17, 15) is 14.3 Å². The molecular weight excluding hydrogens is 367 g/mol. The van der Waals surface area contributed by atoms with Gasteiger partial charge in [-0.3, -0.25) is 4.79 Å². The first-order chi connectivity index (χ1) is 13.1. The minimum atomic E-state index is -0.896. The number of carbonyl (C=O) groups is 1. The molecule has 0 unspecified atom stereocenters. The number of furan rings is 1. The third kappa shape index (κ3) is 4.64. The van der Waals surface area contributed by atoms with Crippen molar-refractivity contribution in [1.82, 2.24) is 0 Å². The summed E-state index contributed by atoms with van der Waals surface area (Å²) in [5.41, 5.74) is 0.946. The third-order valence-electron chi connectivity index (χ3n) is 3.95. The van der Waals surface area contributed by atoms with E-state index in [-0.39, 0.29) is 24.0 Å². The third-order valence-corrected chi connectivity index (χ3v) is 4.30. The molecule has 1 aromatic carbocycles. The average molecular weight is 384 g/mol. The van der Waals surface area contributed by atoms with Crippen LogP contribution in [-0.2, 0) is 25.8 Å². The maximum absolute atomic E-state index is 13.2. The molecule has 138 valence electrons. The number of carbonyl (C=O) groups excluding carboxylic acids is 1. The number of halogens is 1. The smallest absolute Gasteiger partial charge is 0.237 e. The molecule has 3 aromatic rings. The van der Waals surface area contributed by atoms with Gasteiger partial charge in [-0.1, -0.05) is 0 Å². The van der Waals surface area contributed by atoms with Gasteiger partial charge >= 0.3 is 0 Å². The minimum Gasteiger partial charge on any atom is -0.758 e. The van der Waals surface area contributed by atoms with Crippen LogP contribution in [0.5, 0.6) is 0 Å². The summed E-state index contributed by atoms with van der Waals surface area (Å²) in [5, 5.41) is 9.56. The molecule has 0 amide bonds. The van der Waals surface area contributed by atoms with Crippen LogP contribution in [0.1, 0.15) is 27.7 Å². The van der Waals surface area contributed by atoms with E-state index in [0.29, 0.717) is 16.9 Å². The van der Waals surface area contributed by atoms with Crippen molar-refractivity contribution in [3.8, 4) is 0 Å². The second kappa shape index (κ2) is 8.66. The van der Waals surface area contributed by atoms with Crippen molar-refractivity contribution in [3.05, 3.63) is 89.9 Å². The van der Waals surface area contributed by atoms with Crippen molar-refractivity contribution in [2.75, 3.05) is 0 Å². The highest BCUT2D eigenvalue weighted by Crippen LogP contribution is 2.14. The zero-order valence-corrected chi connectivity index (χ0v) is 15.1. The molecule has 0 saturated heterocycles. The highest BCUT2D eigenvalue weighted by molar-refractivity contribution is 7.77. The van der Waals surface area contributed by atoms with Crippen LogP contribution in [0.15, 0.2) is 76.6 Å². The Kier molecular flexibility index (Phi) is 6.05. The van der Waals surface area contributed by atoms with Crippen molar-refractivity contribution in [2.24, 2.45) is 4.99 Å². The summed E-state index contributed by atoms with van der Waals surface area (Å²) in [6.45, 7) is 0.0356. The van der Waals surface area contributed by atoms with Gasteiger partial charge in [0.05, 0.1) is 19.4 Å². The lowest BCUT2D eigenvalue weighted by molar-refractivity contribution is -0.692. The molecule has 1 atom stereocenters. The molecule has 0 bridgehead atoms. The summed E-state index contributed by atoms with van der Waals surface area (Å²) >= 11 is 5.43. The molecule has 0 radical (unpaired) electrons. The van der Waals surface area contributed by atoms with Gasteiger partial charge in [0, 0.05) is 17.2 Å². The summed E-state index contributed by atoms with van der Waals surface area (Å²) in [7, 11) is 0. The Morgan fingerprint density at radius 2 is 2.00 bits per heavy atom. The Hall–Kier alpha value is -2.90. The van der Waals surface area contributed by atoms with E-state index in [1.54, 1.807) is 41.2 Å². The molecule has 0 aliphatic rings. The van der Waals surface area contributed by atoms with Gasteiger partial charge < -0.3 is 27.1 Å². The fourth-order valence-electron chi connectivity index (χ4n) is 2.59. The SMILES string of the molecule is O=C(c1ccc(F)cc1)[C@@H](C([S-])=NCc1ccco1)[n+]1cccc(CO)c1. The molecule has 1 N–H and O–H groups in total. The summed E-state index contributed by atoms with van der Waals surface area (Å²) in [6, 6.07) is 11.3. The van der Waals surface area contributed by atoms with Crippen molar-refractivity contribution < 1.29 is 23.3 Å². The first kappa shape index (κ1) is 18.9. The van der Waals surface area contributed by atoms with Crippen LogP contribution < -0.4 is 4.57 Å². The number of Topliss-reactive ketones (excluding diaryl/α,β-unsaturated/α-hetero) is 1. The Bertz CT molecular complexity index is 940. The predicted octanol–water partition coefficient (Wildman–Crippen LogP) is 2.77. The lowest BCUT2D eigenvalue weighted by atomic mass is 10.0. The van der Waals surface area contributed by atoms with Crippen LogP contribution in [0.25, 0.3) is 0 Å². The van der Waals surface area contributed by atoms with Gasteiger partial charge in [-0.05, 0) is 47.5 Å². The van der Waals surface area contributed by atoms with Gasteiger partial charge in [0.25, 0.3) is 0 Å². The summed E-state index contributed by atoms with van der Waals surface area (Å²) in [5.74, 6) is -0.120. The highest BCUT2D eigenvalue weighted by atomic mass is 32.1. The zero-order chi connectivity index (χ0) is 19.2. The fraction of sp³-hybridized carbons (Fsp3) is 0.150. The highest BCUT2D eigenvalue weighted by Gasteiger charge is 2.28. The maximum atomic E-state index is 13.2. The molecule has 0 aliphatic heterocycles. The summed E-state index contributed by atoms with van der Waals surface area (Å²) in [6.07, 6.45) is 4.86. The standard InChI is InChI=1S/C20H17FN2O3S/c21-16-7-5-15(6-8-16)19(25)18(23-9-1-3-14(12-23)13-24)20(27)22-11-17-4-2-10-26-17/h1-10,12,18,24H,11,13H2/t18-/m0/s1. The normalized spacial score (nSPS) is 12.7. The Balaban J connectivity index is 1.98. The van der Waals surface area contributed by atoms with Crippen LogP contribution in [0.2, 0.25) is 0 Å². The number of rotatable bonds is 7. The first-order valence-electron chi connectivity index (χ1n) is 8.22. The molecule has 0 saturated carbocycles. The van der Waals surface area contributed by atoms with E-state index < -0.39 is 11.9 Å². The largest absolute Gasteiger partial charge is 0.758 e. The molecule has 2 heterocycles. The van der Waals surface area contributed by atoms with Gasteiger partial charge in [0.2, 0.25) is 11.8 Å². The second-order valence-electron chi connectivity index (χ2n) is 5.83. The molecule has 3 rings (SSSR count). The Morgan fingerprint density at radius 3 is 2.67 bits per heavy atom. The van der Waals surface area contributed by atoms with E-state index in [2.05, 4.69) is 4.99 Å². The minimum absolute atomic E-state index is 0.167. The molecule has 0 spiro atoms. The number of pyridine rings is 1. The zero-order valence-electron chi connectivity index (χ0n) is 14.3. The summed E-state index contributed by atoms with van der Waals surface area (Å²) < 4.78 is 20.1. The average Bonchev–Trinajstić information content (AvgIpc) is 3.21. The molecular formula is C20H17FN2O3S. The number of benzene rings is 1. The van der Waals surface area contributed by atoms with Crippen LogP contribution >= 0.6 is 0 Å². The summed E-state index contributed by atoms with van der Waals surface area (Å²) in [4.78, 5) is 17.4. The Labute approximate surface area is 161 Å². The van der Waals surface area contributed by atoms with Gasteiger partial charge in [0.15, 0.2) is 12.4 Å². The van der Waals surface area contributed by atoms with Gasteiger partial charge in [-0.15, -0.1) is 0 Å². The number of hydrogen-bond acceptors (Lipinski definition) is 5. The molecule has 2 aromatic heterocycles. The number of aliphatic imine (C=N–C) groups is 1. The monoisotopic (exact) mass is 384 g/mol. The Morgan fingerprint density at radius 1 is 1.22 bits per heavy atom. The number of ketones is 1. The van der Waals surface area contributed by atoms with Crippen molar-refractivity contribution >= 4 is 23.5 Å². The quantitative estimate of drug-likeness (QED) is 0.224. The predicted molar refractivity (Wildman–Crippen MR) is 99.5 cm³/mol. The fourth-order valence-corrected chi connectivity index (χ4v) is 2.88. The molecule has 0 fully saturated rings. The maximum Gasteiger partial charge on any atom is 0.237 e. The topological polar surface area (TPSA) is 66.7 Å². The molecule has 0 aliphatic carbocycles. The van der Waals surface area contributed by atoms with Crippen molar-refractivity contribution in [3.63, 3.8) is 0 Å². The van der Waals surface area contributed by atoms with E-state index in [1.807, 2.05) is 0 Å². The van der Waals surface area contributed by atoms with Crippen LogP contribution in [-0.4, -0.2) is 15.9 Å². The van der Waals surface area contributed by atoms with Gasteiger partial charge in [-0.25, -0.2) is 4.39 Å². The number of aromatic nitrogens is 1. The van der Waals surface area contributed by atoms with Gasteiger partial charge in [0.1, 0.15) is 11.6 Å². The first-order valence-corrected chi connectivity index (χ1v) is 8.63. The molecule has 27 heavy (non-hydrogen) atoms. The van der Waals surface area contributed by atoms with E-state index in [0.717, 1.165) is 0 Å². The van der Waals surface area contributed by atoms with Crippen LogP contribution in [0.3, 0.4) is 0 Å². The van der Waals surface area contributed by atoms with E-state index in [4.69, 9.17) is 17.0 Å². The second-order valence-corrected chi connectivity index (χ2v) is 6.24. The van der Waals surface area contributed by atoms with Gasteiger partial charge in [-0.2, -0.15) is 4.57 Å². The lowest BCUT2D eigenvalue weighted by Crippen LogP contribution is -2.48. The number of hydrogen-bond donors (Lipinski definition) is 1. The number of nitrogens with zero attached hydrogens (tertiary/aromatic N) is 2. The van der Waals surface area contributed by atoms with Crippen molar-refractivity contribution in [1.29, 1.82) is 0 Å². The molecule has 7 heteroatoms. The van der Waals surface area contributed by atoms with E-state index in [1.165, 1.54) is 30.5 Å². The lowest BCUT2D eigenvalue weighted by Gasteiger charge is -2.19. The molecule has 5 nitrogen and oxygen atoms in total.